The van der Waals surface area contributed by atoms with E-state index < -0.39 is 0 Å². The van der Waals surface area contributed by atoms with Crippen LogP contribution in [0.1, 0.15) is 18.9 Å². The van der Waals surface area contributed by atoms with Gasteiger partial charge in [0, 0.05) is 18.6 Å². The van der Waals surface area contributed by atoms with E-state index in [-0.39, 0.29) is 5.41 Å². The first kappa shape index (κ1) is 10.7. The van der Waals surface area contributed by atoms with E-state index in [4.69, 9.17) is 9.15 Å². The van der Waals surface area contributed by atoms with Crippen LogP contribution in [0.4, 0.5) is 0 Å². The molecule has 1 atom stereocenters. The molecule has 1 aromatic heterocycles. The molecule has 15 heavy (non-hydrogen) atoms. The Morgan fingerprint density at radius 3 is 3.07 bits per heavy atom. The molecular formula is C12H19NO2. The highest BCUT2D eigenvalue weighted by Gasteiger charge is 2.34. The molecule has 3 nitrogen and oxygen atoms in total. The van der Waals surface area contributed by atoms with E-state index in [1.165, 1.54) is 5.56 Å². The van der Waals surface area contributed by atoms with E-state index in [9.17, 15) is 0 Å². The summed E-state index contributed by atoms with van der Waals surface area (Å²) in [6.45, 7) is 5.96. The zero-order valence-electron chi connectivity index (χ0n) is 9.29. The highest BCUT2D eigenvalue weighted by Crippen LogP contribution is 2.32. The van der Waals surface area contributed by atoms with Crippen molar-refractivity contribution < 1.29 is 9.15 Å². The molecule has 0 aliphatic carbocycles. The second kappa shape index (κ2) is 4.81. The third-order valence-electron chi connectivity index (χ3n) is 3.09. The highest BCUT2D eigenvalue weighted by molar-refractivity contribution is 5.10. The molecule has 1 aliphatic heterocycles. The number of furan rings is 1. The summed E-state index contributed by atoms with van der Waals surface area (Å²) in [4.78, 5) is 0. The van der Waals surface area contributed by atoms with Gasteiger partial charge in [-0.3, -0.25) is 0 Å². The Morgan fingerprint density at radius 2 is 2.47 bits per heavy atom. The molecule has 1 saturated heterocycles. The zero-order chi connectivity index (χ0) is 10.6. The number of ether oxygens (including phenoxy) is 1. The lowest BCUT2D eigenvalue weighted by molar-refractivity contribution is 0.149. The highest BCUT2D eigenvalue weighted by atomic mass is 16.5. The average Bonchev–Trinajstić information content (AvgIpc) is 2.88. The predicted molar refractivity (Wildman–Crippen MR) is 58.8 cm³/mol. The van der Waals surface area contributed by atoms with Crippen LogP contribution in [0, 0.1) is 5.41 Å². The van der Waals surface area contributed by atoms with Gasteiger partial charge in [-0.25, -0.2) is 0 Å². The first-order valence-corrected chi connectivity index (χ1v) is 5.64. The Bertz CT molecular complexity index is 276. The van der Waals surface area contributed by atoms with Crippen LogP contribution in [0.3, 0.4) is 0 Å². The van der Waals surface area contributed by atoms with Crippen molar-refractivity contribution in [2.75, 3.05) is 26.3 Å². The standard InChI is InChI=1S/C12H19NO2/c1-2-13-9-12(4-6-15-10-12)7-11-3-5-14-8-11/h3,5,8,13H,2,4,6-7,9-10H2,1H3. The van der Waals surface area contributed by atoms with Crippen molar-refractivity contribution in [1.29, 1.82) is 0 Å². The Labute approximate surface area is 90.8 Å². The van der Waals surface area contributed by atoms with Crippen molar-refractivity contribution in [2.45, 2.75) is 19.8 Å². The quantitative estimate of drug-likeness (QED) is 0.803. The van der Waals surface area contributed by atoms with Crippen LogP contribution in [0.2, 0.25) is 0 Å². The number of nitrogens with one attached hydrogen (secondary N) is 1. The fourth-order valence-corrected chi connectivity index (χ4v) is 2.21. The Balaban J connectivity index is 1.99. The molecule has 1 fully saturated rings. The largest absolute Gasteiger partial charge is 0.472 e. The number of rotatable bonds is 5. The van der Waals surface area contributed by atoms with E-state index in [1.807, 2.05) is 12.3 Å². The smallest absolute Gasteiger partial charge is 0.0934 e. The van der Waals surface area contributed by atoms with E-state index in [2.05, 4.69) is 12.2 Å². The van der Waals surface area contributed by atoms with Crippen LogP contribution in [0.15, 0.2) is 23.0 Å². The van der Waals surface area contributed by atoms with Gasteiger partial charge in [0.05, 0.1) is 19.1 Å². The van der Waals surface area contributed by atoms with Gasteiger partial charge in [0.1, 0.15) is 0 Å². The summed E-state index contributed by atoms with van der Waals surface area (Å²) in [5, 5.41) is 3.43. The maximum Gasteiger partial charge on any atom is 0.0934 e. The fourth-order valence-electron chi connectivity index (χ4n) is 2.21. The zero-order valence-corrected chi connectivity index (χ0v) is 9.29. The second-order valence-electron chi connectivity index (χ2n) is 4.39. The lowest BCUT2D eigenvalue weighted by atomic mass is 9.81. The Morgan fingerprint density at radius 1 is 1.53 bits per heavy atom. The molecular weight excluding hydrogens is 190 g/mol. The van der Waals surface area contributed by atoms with Gasteiger partial charge in [0.2, 0.25) is 0 Å². The molecule has 2 heterocycles. The first-order chi connectivity index (χ1) is 7.35. The summed E-state index contributed by atoms with van der Waals surface area (Å²) in [6.07, 6.45) is 5.78. The summed E-state index contributed by atoms with van der Waals surface area (Å²) in [6, 6.07) is 2.05. The van der Waals surface area contributed by atoms with Gasteiger partial charge in [0.25, 0.3) is 0 Å². The molecule has 0 bridgehead atoms. The van der Waals surface area contributed by atoms with Crippen molar-refractivity contribution in [1.82, 2.24) is 5.32 Å². The van der Waals surface area contributed by atoms with Gasteiger partial charge in [-0.05, 0) is 31.0 Å². The first-order valence-electron chi connectivity index (χ1n) is 5.64. The molecule has 0 spiro atoms. The van der Waals surface area contributed by atoms with Crippen LogP contribution in [0.5, 0.6) is 0 Å². The van der Waals surface area contributed by atoms with Crippen molar-refractivity contribution in [3.05, 3.63) is 24.2 Å². The second-order valence-corrected chi connectivity index (χ2v) is 4.39. The Hall–Kier alpha value is -0.800. The van der Waals surface area contributed by atoms with Crippen LogP contribution in [-0.4, -0.2) is 26.3 Å². The summed E-state index contributed by atoms with van der Waals surface area (Å²) in [5.41, 5.74) is 1.55. The molecule has 84 valence electrons. The maximum atomic E-state index is 5.54. The Kier molecular flexibility index (Phi) is 3.44. The minimum absolute atomic E-state index is 0.278. The van der Waals surface area contributed by atoms with Crippen LogP contribution in [-0.2, 0) is 11.2 Å². The molecule has 1 N–H and O–H groups in total. The monoisotopic (exact) mass is 209 g/mol. The van der Waals surface area contributed by atoms with Crippen LogP contribution in [0.25, 0.3) is 0 Å². The number of hydrogen-bond acceptors (Lipinski definition) is 3. The maximum absolute atomic E-state index is 5.54. The summed E-state index contributed by atoms with van der Waals surface area (Å²) in [5.74, 6) is 0. The van der Waals surface area contributed by atoms with Gasteiger partial charge in [0.15, 0.2) is 0 Å². The van der Waals surface area contributed by atoms with Crippen molar-refractivity contribution >= 4 is 0 Å². The van der Waals surface area contributed by atoms with Crippen molar-refractivity contribution in [3.63, 3.8) is 0 Å². The van der Waals surface area contributed by atoms with Gasteiger partial charge in [-0.2, -0.15) is 0 Å². The molecule has 0 radical (unpaired) electrons. The molecule has 0 amide bonds. The predicted octanol–water partition coefficient (Wildman–Crippen LogP) is 1.84. The number of hydrogen-bond donors (Lipinski definition) is 1. The van der Waals surface area contributed by atoms with Crippen LogP contribution >= 0.6 is 0 Å². The van der Waals surface area contributed by atoms with Crippen molar-refractivity contribution in [2.24, 2.45) is 5.41 Å². The summed E-state index contributed by atoms with van der Waals surface area (Å²) < 4.78 is 10.6. The molecule has 1 aliphatic rings. The average molecular weight is 209 g/mol. The molecule has 1 aromatic rings. The third-order valence-corrected chi connectivity index (χ3v) is 3.09. The van der Waals surface area contributed by atoms with Crippen LogP contribution < -0.4 is 5.32 Å². The van der Waals surface area contributed by atoms with E-state index in [0.29, 0.717) is 0 Å². The summed E-state index contributed by atoms with van der Waals surface area (Å²) in [7, 11) is 0. The molecule has 3 heteroatoms. The SMILES string of the molecule is CCNCC1(Cc2ccoc2)CCOC1. The van der Waals surface area contributed by atoms with E-state index >= 15 is 0 Å². The normalized spacial score (nSPS) is 25.9. The topological polar surface area (TPSA) is 34.4 Å². The third kappa shape index (κ3) is 2.61. The van der Waals surface area contributed by atoms with E-state index in [1.54, 1.807) is 6.26 Å². The minimum Gasteiger partial charge on any atom is -0.472 e. The molecule has 1 unspecified atom stereocenters. The van der Waals surface area contributed by atoms with Gasteiger partial charge in [-0.1, -0.05) is 6.92 Å². The van der Waals surface area contributed by atoms with Crippen molar-refractivity contribution in [3.8, 4) is 0 Å². The lowest BCUT2D eigenvalue weighted by Gasteiger charge is -2.27. The molecule has 0 aromatic carbocycles. The fraction of sp³-hybridized carbons (Fsp3) is 0.667. The minimum atomic E-state index is 0.278. The molecule has 0 saturated carbocycles. The van der Waals surface area contributed by atoms with E-state index in [0.717, 1.165) is 39.1 Å². The van der Waals surface area contributed by atoms with Gasteiger partial charge < -0.3 is 14.5 Å². The summed E-state index contributed by atoms with van der Waals surface area (Å²) >= 11 is 0. The van der Waals surface area contributed by atoms with Gasteiger partial charge in [-0.15, -0.1) is 0 Å². The molecule has 2 rings (SSSR count). The lowest BCUT2D eigenvalue weighted by Crippen LogP contribution is -2.36. The van der Waals surface area contributed by atoms with Gasteiger partial charge >= 0.3 is 0 Å².